The van der Waals surface area contributed by atoms with E-state index in [1.54, 1.807) is 36.9 Å². The van der Waals surface area contributed by atoms with Crippen LogP contribution in [0.2, 0.25) is 0 Å². The van der Waals surface area contributed by atoms with Crippen LogP contribution in [-0.4, -0.2) is 40.9 Å². The molecule has 1 aliphatic rings. The van der Waals surface area contributed by atoms with Crippen LogP contribution >= 0.6 is 0 Å². The summed E-state index contributed by atoms with van der Waals surface area (Å²) in [7, 11) is 1.71. The molecule has 8 heteroatoms. The molecule has 0 saturated carbocycles. The zero-order valence-corrected chi connectivity index (χ0v) is 13.1. The second-order valence-corrected chi connectivity index (χ2v) is 5.56. The van der Waals surface area contributed by atoms with Crippen molar-refractivity contribution >= 4 is 17.2 Å². The van der Waals surface area contributed by atoms with Gasteiger partial charge in [-0.1, -0.05) is 12.1 Å². The van der Waals surface area contributed by atoms with Crippen molar-refractivity contribution in [3.63, 3.8) is 0 Å². The van der Waals surface area contributed by atoms with E-state index < -0.39 is 0 Å². The van der Waals surface area contributed by atoms with Crippen LogP contribution in [0.1, 0.15) is 5.69 Å². The molecule has 1 aromatic carbocycles. The predicted octanol–water partition coefficient (Wildman–Crippen LogP) is 2.10. The lowest BCUT2D eigenvalue weighted by Crippen LogP contribution is -2.47. The van der Waals surface area contributed by atoms with Crippen molar-refractivity contribution in [2.24, 2.45) is 7.05 Å². The quantitative estimate of drug-likeness (QED) is 0.640. The second-order valence-electron chi connectivity index (χ2n) is 5.56. The standard InChI is InChI=1S/C15H18FN5O2/c1-11-14(21(22)23)15(18(2)17-11)20-9-7-19(8-10-20)13-6-4-3-5-12(13)16/h3-6H,7-10H2,1-2H3. The molecule has 0 spiro atoms. The van der Waals surface area contributed by atoms with Crippen molar-refractivity contribution in [1.82, 2.24) is 9.78 Å². The maximum Gasteiger partial charge on any atom is 0.333 e. The van der Waals surface area contributed by atoms with Gasteiger partial charge in [0.1, 0.15) is 11.5 Å². The number of para-hydroxylation sites is 1. The van der Waals surface area contributed by atoms with E-state index >= 15 is 0 Å². The molecule has 1 aliphatic heterocycles. The number of benzene rings is 1. The summed E-state index contributed by atoms with van der Waals surface area (Å²) < 4.78 is 15.4. The zero-order chi connectivity index (χ0) is 16.6. The Bertz CT molecular complexity index is 737. The Kier molecular flexibility index (Phi) is 3.89. The molecule has 0 aliphatic carbocycles. The van der Waals surface area contributed by atoms with Gasteiger partial charge in [-0.25, -0.2) is 9.07 Å². The molecule has 122 valence electrons. The van der Waals surface area contributed by atoms with E-state index in [9.17, 15) is 14.5 Å². The van der Waals surface area contributed by atoms with Gasteiger partial charge in [0, 0.05) is 33.2 Å². The average molecular weight is 319 g/mol. The van der Waals surface area contributed by atoms with Crippen molar-refractivity contribution in [2.45, 2.75) is 6.92 Å². The third-order valence-corrected chi connectivity index (χ3v) is 4.12. The lowest BCUT2D eigenvalue weighted by Gasteiger charge is -2.36. The molecule has 0 amide bonds. The minimum Gasteiger partial charge on any atom is -0.366 e. The molecule has 1 saturated heterocycles. The van der Waals surface area contributed by atoms with E-state index in [0.717, 1.165) is 0 Å². The van der Waals surface area contributed by atoms with Crippen LogP contribution in [0, 0.1) is 22.9 Å². The number of piperazine rings is 1. The fraction of sp³-hybridized carbons (Fsp3) is 0.400. The topological polar surface area (TPSA) is 67.4 Å². The van der Waals surface area contributed by atoms with Crippen molar-refractivity contribution in [3.8, 4) is 0 Å². The Labute approximate surface area is 133 Å². The second kappa shape index (κ2) is 5.86. The summed E-state index contributed by atoms with van der Waals surface area (Å²) in [6, 6.07) is 6.66. The summed E-state index contributed by atoms with van der Waals surface area (Å²) in [5.41, 5.74) is 1.03. The third-order valence-electron chi connectivity index (χ3n) is 4.12. The number of anilines is 2. The molecule has 7 nitrogen and oxygen atoms in total. The number of nitrogens with zero attached hydrogens (tertiary/aromatic N) is 5. The summed E-state index contributed by atoms with van der Waals surface area (Å²) in [5, 5.41) is 15.5. The van der Waals surface area contributed by atoms with Crippen molar-refractivity contribution in [1.29, 1.82) is 0 Å². The Balaban J connectivity index is 1.80. The first-order valence-electron chi connectivity index (χ1n) is 7.41. The summed E-state index contributed by atoms with van der Waals surface area (Å²) >= 11 is 0. The van der Waals surface area contributed by atoms with Gasteiger partial charge in [-0.2, -0.15) is 5.10 Å². The van der Waals surface area contributed by atoms with Crippen molar-refractivity contribution in [3.05, 3.63) is 45.9 Å². The molecule has 23 heavy (non-hydrogen) atoms. The maximum atomic E-state index is 13.9. The lowest BCUT2D eigenvalue weighted by molar-refractivity contribution is -0.384. The average Bonchev–Trinajstić information content (AvgIpc) is 2.82. The molecule has 0 N–H and O–H groups in total. The fourth-order valence-electron chi connectivity index (χ4n) is 3.07. The number of rotatable bonds is 3. The molecule has 1 fully saturated rings. The highest BCUT2D eigenvalue weighted by molar-refractivity contribution is 5.62. The van der Waals surface area contributed by atoms with Gasteiger partial charge in [0.2, 0.25) is 5.82 Å². The number of halogens is 1. The minimum atomic E-state index is -0.388. The molecule has 0 radical (unpaired) electrons. The maximum absolute atomic E-state index is 13.9. The highest BCUT2D eigenvalue weighted by Crippen LogP contribution is 2.32. The predicted molar refractivity (Wildman–Crippen MR) is 85.4 cm³/mol. The molecule has 1 aromatic heterocycles. The highest BCUT2D eigenvalue weighted by Gasteiger charge is 2.30. The van der Waals surface area contributed by atoms with Gasteiger partial charge in [-0.3, -0.25) is 10.1 Å². The number of nitro groups is 1. The third kappa shape index (κ3) is 2.71. The summed E-state index contributed by atoms with van der Waals surface area (Å²) in [4.78, 5) is 14.8. The number of aromatic nitrogens is 2. The van der Waals surface area contributed by atoms with Crippen LogP contribution in [0.4, 0.5) is 21.6 Å². The fourth-order valence-corrected chi connectivity index (χ4v) is 3.07. The summed E-state index contributed by atoms with van der Waals surface area (Å²) in [6.07, 6.45) is 0. The first-order chi connectivity index (χ1) is 11.0. The van der Waals surface area contributed by atoms with Gasteiger partial charge >= 0.3 is 5.69 Å². The molecule has 0 bridgehead atoms. The van der Waals surface area contributed by atoms with Crippen LogP contribution in [0.3, 0.4) is 0 Å². The van der Waals surface area contributed by atoms with Crippen LogP contribution in [0.5, 0.6) is 0 Å². The summed E-state index contributed by atoms with van der Waals surface area (Å²) in [5.74, 6) is 0.268. The normalized spacial score (nSPS) is 15.1. The Hall–Kier alpha value is -2.64. The molecule has 2 aromatic rings. The van der Waals surface area contributed by atoms with E-state index in [1.807, 2.05) is 9.80 Å². The van der Waals surface area contributed by atoms with E-state index in [1.165, 1.54) is 6.07 Å². The van der Waals surface area contributed by atoms with Crippen molar-refractivity contribution in [2.75, 3.05) is 36.0 Å². The van der Waals surface area contributed by atoms with E-state index in [2.05, 4.69) is 5.10 Å². The number of aryl methyl sites for hydroxylation is 2. The van der Waals surface area contributed by atoms with Crippen LogP contribution in [0.15, 0.2) is 24.3 Å². The SMILES string of the molecule is Cc1nn(C)c(N2CCN(c3ccccc3F)CC2)c1[N+](=O)[O-]. The van der Waals surface area contributed by atoms with Gasteiger partial charge in [0.15, 0.2) is 0 Å². The Morgan fingerprint density at radius 2 is 1.78 bits per heavy atom. The largest absolute Gasteiger partial charge is 0.366 e. The van der Waals surface area contributed by atoms with Gasteiger partial charge < -0.3 is 9.80 Å². The molecular formula is C15H18FN5O2. The van der Waals surface area contributed by atoms with Gasteiger partial charge in [-0.05, 0) is 19.1 Å². The smallest absolute Gasteiger partial charge is 0.333 e. The van der Waals surface area contributed by atoms with E-state index in [4.69, 9.17) is 0 Å². The number of hydrogen-bond donors (Lipinski definition) is 0. The molecular weight excluding hydrogens is 301 g/mol. The highest BCUT2D eigenvalue weighted by atomic mass is 19.1. The van der Waals surface area contributed by atoms with Crippen LogP contribution in [-0.2, 0) is 7.05 Å². The Morgan fingerprint density at radius 3 is 2.39 bits per heavy atom. The van der Waals surface area contributed by atoms with Crippen LogP contribution in [0.25, 0.3) is 0 Å². The molecule has 0 atom stereocenters. The van der Waals surface area contributed by atoms with Crippen LogP contribution < -0.4 is 9.80 Å². The number of hydrogen-bond acceptors (Lipinski definition) is 5. The molecule has 2 heterocycles. The minimum absolute atomic E-state index is 0.0480. The summed E-state index contributed by atoms with van der Waals surface area (Å²) in [6.45, 7) is 3.99. The first kappa shape index (κ1) is 15.3. The lowest BCUT2D eigenvalue weighted by atomic mass is 10.2. The molecule has 0 unspecified atom stereocenters. The monoisotopic (exact) mass is 319 g/mol. The van der Waals surface area contributed by atoms with E-state index in [0.29, 0.717) is 43.4 Å². The van der Waals surface area contributed by atoms with Gasteiger partial charge in [0.25, 0.3) is 0 Å². The van der Waals surface area contributed by atoms with Gasteiger partial charge in [-0.15, -0.1) is 0 Å². The van der Waals surface area contributed by atoms with E-state index in [-0.39, 0.29) is 16.4 Å². The zero-order valence-electron chi connectivity index (χ0n) is 13.1. The van der Waals surface area contributed by atoms with Gasteiger partial charge in [0.05, 0.1) is 10.6 Å². The molecule has 3 rings (SSSR count). The van der Waals surface area contributed by atoms with Crippen molar-refractivity contribution < 1.29 is 9.31 Å². The Morgan fingerprint density at radius 1 is 1.17 bits per heavy atom. The first-order valence-corrected chi connectivity index (χ1v) is 7.41.